The van der Waals surface area contributed by atoms with Gasteiger partial charge in [-0.3, -0.25) is 14.9 Å². The van der Waals surface area contributed by atoms with Gasteiger partial charge in [0.1, 0.15) is 12.4 Å². The number of nitrogens with one attached hydrogen (secondary N) is 1. The van der Waals surface area contributed by atoms with Crippen molar-refractivity contribution in [2.45, 2.75) is 20.5 Å². The lowest BCUT2D eigenvalue weighted by molar-refractivity contribution is -0.385. The van der Waals surface area contributed by atoms with E-state index >= 15 is 0 Å². The summed E-state index contributed by atoms with van der Waals surface area (Å²) in [6.07, 6.45) is 2.82. The highest BCUT2D eigenvalue weighted by Crippen LogP contribution is 2.23. The van der Waals surface area contributed by atoms with Crippen LogP contribution in [0.4, 0.5) is 5.69 Å². The Morgan fingerprint density at radius 3 is 2.57 bits per heavy atom. The van der Waals surface area contributed by atoms with Crippen LogP contribution >= 0.6 is 0 Å². The number of carbonyl (C=O) groups excluding carboxylic acids is 1. The van der Waals surface area contributed by atoms with Crippen LogP contribution in [0.15, 0.2) is 84.1 Å². The molecule has 0 aliphatic heterocycles. The average Bonchev–Trinajstić information content (AvgIpc) is 3.16. The monoisotopic (exact) mass is 469 g/mol. The standard InChI is InChI=1S/C26H23N5O4/c1-18-15-21(16-28-29-26(32)25-24(31(33)34)9-6-14-27-25)19(2)30(18)22-10-12-23(13-11-22)35-17-20-7-4-3-5-8-20/h3-16H,17H2,1-2H3,(H,29,32)/b28-16-. The fraction of sp³-hybridized carbons (Fsp3) is 0.115. The number of hydrogen-bond donors (Lipinski definition) is 1. The smallest absolute Gasteiger partial charge is 0.300 e. The molecule has 0 saturated heterocycles. The molecule has 2 aromatic carbocycles. The second kappa shape index (κ2) is 10.4. The lowest BCUT2D eigenvalue weighted by Crippen LogP contribution is -2.20. The van der Waals surface area contributed by atoms with Crippen LogP contribution < -0.4 is 10.2 Å². The number of pyridine rings is 1. The molecule has 4 rings (SSSR count). The first kappa shape index (κ1) is 23.4. The van der Waals surface area contributed by atoms with Gasteiger partial charge in [-0.15, -0.1) is 0 Å². The number of nitrogens with zero attached hydrogens (tertiary/aromatic N) is 4. The molecular weight excluding hydrogens is 446 g/mol. The molecule has 176 valence electrons. The second-order valence-corrected chi connectivity index (χ2v) is 7.76. The topological polar surface area (TPSA) is 112 Å². The quantitative estimate of drug-likeness (QED) is 0.228. The summed E-state index contributed by atoms with van der Waals surface area (Å²) in [7, 11) is 0. The second-order valence-electron chi connectivity index (χ2n) is 7.76. The van der Waals surface area contributed by atoms with Gasteiger partial charge in [0, 0.05) is 34.9 Å². The highest BCUT2D eigenvalue weighted by atomic mass is 16.6. The van der Waals surface area contributed by atoms with Gasteiger partial charge in [0.15, 0.2) is 0 Å². The summed E-state index contributed by atoms with van der Waals surface area (Å²) in [5, 5.41) is 15.1. The maximum atomic E-state index is 12.3. The molecule has 2 aromatic heterocycles. The maximum absolute atomic E-state index is 12.3. The molecule has 0 aliphatic rings. The van der Waals surface area contributed by atoms with Crippen LogP contribution in [0.2, 0.25) is 0 Å². The summed E-state index contributed by atoms with van der Waals surface area (Å²) in [6.45, 7) is 4.41. The molecule has 0 radical (unpaired) electrons. The molecule has 0 aliphatic carbocycles. The normalized spacial score (nSPS) is 10.9. The van der Waals surface area contributed by atoms with Crippen LogP contribution in [-0.2, 0) is 6.61 Å². The largest absolute Gasteiger partial charge is 0.489 e. The zero-order chi connectivity index (χ0) is 24.8. The minimum atomic E-state index is -0.756. The van der Waals surface area contributed by atoms with E-state index in [1.165, 1.54) is 24.5 Å². The van der Waals surface area contributed by atoms with Crippen LogP contribution in [0.5, 0.6) is 5.75 Å². The number of rotatable bonds is 8. The first-order chi connectivity index (χ1) is 16.9. The lowest BCUT2D eigenvalue weighted by atomic mass is 10.2. The minimum absolute atomic E-state index is 0.297. The summed E-state index contributed by atoms with van der Waals surface area (Å²) >= 11 is 0. The summed E-state index contributed by atoms with van der Waals surface area (Å²) in [6, 6.07) is 22.3. The summed E-state index contributed by atoms with van der Waals surface area (Å²) in [5.41, 5.74) is 6.39. The Morgan fingerprint density at radius 2 is 1.86 bits per heavy atom. The number of aromatic nitrogens is 2. The van der Waals surface area contributed by atoms with Gasteiger partial charge in [0.2, 0.25) is 5.69 Å². The summed E-state index contributed by atoms with van der Waals surface area (Å²) in [4.78, 5) is 26.5. The van der Waals surface area contributed by atoms with E-state index < -0.39 is 10.8 Å². The van der Waals surface area contributed by atoms with Crippen molar-refractivity contribution in [3.8, 4) is 11.4 Å². The van der Waals surface area contributed by atoms with E-state index in [0.29, 0.717) is 6.61 Å². The van der Waals surface area contributed by atoms with Gasteiger partial charge in [-0.05, 0) is 55.8 Å². The van der Waals surface area contributed by atoms with Gasteiger partial charge in [-0.25, -0.2) is 10.4 Å². The molecule has 1 N–H and O–H groups in total. The predicted molar refractivity (Wildman–Crippen MR) is 132 cm³/mol. The van der Waals surface area contributed by atoms with E-state index in [0.717, 1.165) is 34.0 Å². The van der Waals surface area contributed by atoms with Crippen LogP contribution in [0, 0.1) is 24.0 Å². The van der Waals surface area contributed by atoms with Crippen LogP contribution in [0.25, 0.3) is 5.69 Å². The van der Waals surface area contributed by atoms with E-state index in [-0.39, 0.29) is 11.4 Å². The third-order valence-electron chi connectivity index (χ3n) is 5.38. The third-order valence-corrected chi connectivity index (χ3v) is 5.38. The van der Waals surface area contributed by atoms with Crippen molar-refractivity contribution in [3.63, 3.8) is 0 Å². The number of aryl methyl sites for hydroxylation is 1. The van der Waals surface area contributed by atoms with Gasteiger partial charge in [-0.2, -0.15) is 5.10 Å². The first-order valence-corrected chi connectivity index (χ1v) is 10.8. The van der Waals surface area contributed by atoms with Crippen molar-refractivity contribution >= 4 is 17.8 Å². The van der Waals surface area contributed by atoms with Gasteiger partial charge in [0.25, 0.3) is 5.91 Å². The molecule has 2 heterocycles. The van der Waals surface area contributed by atoms with E-state index in [9.17, 15) is 14.9 Å². The fourth-order valence-corrected chi connectivity index (χ4v) is 3.68. The van der Waals surface area contributed by atoms with E-state index in [4.69, 9.17) is 4.74 Å². The Morgan fingerprint density at radius 1 is 1.11 bits per heavy atom. The number of amides is 1. The van der Waals surface area contributed by atoms with E-state index in [1.54, 1.807) is 0 Å². The number of ether oxygens (including phenoxy) is 1. The molecule has 0 fully saturated rings. The zero-order valence-electron chi connectivity index (χ0n) is 19.2. The Kier molecular flexibility index (Phi) is 6.96. The van der Waals surface area contributed by atoms with Crippen LogP contribution in [0.1, 0.15) is 33.0 Å². The predicted octanol–water partition coefficient (Wildman–Crippen LogP) is 4.74. The van der Waals surface area contributed by atoms with E-state index in [1.807, 2.05) is 74.5 Å². The maximum Gasteiger partial charge on any atom is 0.300 e. The molecule has 9 nitrogen and oxygen atoms in total. The van der Waals surface area contributed by atoms with Crippen molar-refractivity contribution in [1.29, 1.82) is 0 Å². The Balaban J connectivity index is 1.45. The fourth-order valence-electron chi connectivity index (χ4n) is 3.68. The Labute approximate surface area is 201 Å². The molecule has 0 atom stereocenters. The van der Waals surface area contributed by atoms with Gasteiger partial charge in [0.05, 0.1) is 11.1 Å². The average molecular weight is 470 g/mol. The third kappa shape index (κ3) is 5.41. The molecule has 1 amide bonds. The molecule has 9 heteroatoms. The Bertz CT molecular complexity index is 1380. The molecule has 35 heavy (non-hydrogen) atoms. The van der Waals surface area contributed by atoms with Crippen molar-refractivity contribution in [2.75, 3.05) is 0 Å². The van der Waals surface area contributed by atoms with Crippen molar-refractivity contribution < 1.29 is 14.5 Å². The highest BCUT2D eigenvalue weighted by molar-refractivity contribution is 5.96. The number of benzene rings is 2. The Hall–Kier alpha value is -4.79. The van der Waals surface area contributed by atoms with Gasteiger partial charge < -0.3 is 9.30 Å². The molecule has 0 spiro atoms. The highest BCUT2D eigenvalue weighted by Gasteiger charge is 2.20. The van der Waals surface area contributed by atoms with Crippen LogP contribution in [-0.4, -0.2) is 26.6 Å². The molecule has 0 bridgehead atoms. The van der Waals surface area contributed by atoms with Crippen LogP contribution in [0.3, 0.4) is 0 Å². The minimum Gasteiger partial charge on any atom is -0.489 e. The van der Waals surface area contributed by atoms with Gasteiger partial charge >= 0.3 is 5.69 Å². The van der Waals surface area contributed by atoms with Crippen molar-refractivity contribution in [2.24, 2.45) is 5.10 Å². The molecule has 0 saturated carbocycles. The molecule has 0 unspecified atom stereocenters. The van der Waals surface area contributed by atoms with Gasteiger partial charge in [-0.1, -0.05) is 30.3 Å². The molecule has 4 aromatic rings. The van der Waals surface area contributed by atoms with E-state index in [2.05, 4.69) is 20.1 Å². The first-order valence-electron chi connectivity index (χ1n) is 10.8. The van der Waals surface area contributed by atoms with Crippen molar-refractivity contribution in [3.05, 3.63) is 117 Å². The number of nitro groups is 1. The number of carbonyl (C=O) groups is 1. The van der Waals surface area contributed by atoms with Crippen molar-refractivity contribution in [1.82, 2.24) is 15.0 Å². The number of hydrazone groups is 1. The summed E-state index contributed by atoms with van der Waals surface area (Å²) < 4.78 is 7.93. The summed E-state index contributed by atoms with van der Waals surface area (Å²) in [5.74, 6) is 0.0154. The SMILES string of the molecule is Cc1cc(/C=N\NC(=O)c2ncccc2[N+](=O)[O-])c(C)n1-c1ccc(OCc2ccccc2)cc1. The zero-order valence-corrected chi connectivity index (χ0v) is 19.2. The molecular formula is C26H23N5O4. The lowest BCUT2D eigenvalue weighted by Gasteiger charge is -2.11. The number of hydrogen-bond acceptors (Lipinski definition) is 6.